The van der Waals surface area contributed by atoms with E-state index in [0.29, 0.717) is 0 Å². The van der Waals surface area contributed by atoms with E-state index < -0.39 is 0 Å². The molecule has 2 atom stereocenters. The van der Waals surface area contributed by atoms with Gasteiger partial charge >= 0.3 is 0 Å². The summed E-state index contributed by atoms with van der Waals surface area (Å²) in [6.45, 7) is 5.99. The average Bonchev–Trinajstić information content (AvgIpc) is 3.34. The summed E-state index contributed by atoms with van der Waals surface area (Å²) in [7, 11) is 0. The van der Waals surface area contributed by atoms with Gasteiger partial charge in [0.2, 0.25) is 6.23 Å². The molecule has 0 unspecified atom stereocenters. The minimum Gasteiger partial charge on any atom is -0.491 e. The number of furan rings is 1. The Balaban J connectivity index is 1.53. The SMILES string of the molecule is Cc1ccc(C2=NN3[C@@H](c4ccc(OC(C)C)cc4)Oc4ccc(Br)cc4[C@@H]3C2)o1. The van der Waals surface area contributed by atoms with Crippen LogP contribution < -0.4 is 9.47 Å². The van der Waals surface area contributed by atoms with Gasteiger partial charge in [-0.25, -0.2) is 5.01 Å². The van der Waals surface area contributed by atoms with E-state index in [1.807, 2.05) is 69.3 Å². The van der Waals surface area contributed by atoms with Gasteiger partial charge in [0.1, 0.15) is 28.7 Å². The smallest absolute Gasteiger partial charge is 0.213 e. The summed E-state index contributed by atoms with van der Waals surface area (Å²) < 4.78 is 19.1. The van der Waals surface area contributed by atoms with Crippen molar-refractivity contribution in [3.63, 3.8) is 0 Å². The van der Waals surface area contributed by atoms with Crippen molar-refractivity contribution in [1.82, 2.24) is 5.01 Å². The third kappa shape index (κ3) is 3.49. The van der Waals surface area contributed by atoms with Gasteiger partial charge in [-0.3, -0.25) is 0 Å². The molecule has 0 saturated heterocycles. The predicted molar refractivity (Wildman–Crippen MR) is 119 cm³/mol. The Morgan fingerprint density at radius 3 is 2.60 bits per heavy atom. The van der Waals surface area contributed by atoms with Crippen molar-refractivity contribution in [2.75, 3.05) is 0 Å². The highest BCUT2D eigenvalue weighted by atomic mass is 79.9. The fraction of sp³-hybridized carbons (Fsp3) is 0.292. The van der Waals surface area contributed by atoms with Crippen molar-refractivity contribution >= 4 is 21.6 Å². The number of ether oxygens (including phenoxy) is 2. The van der Waals surface area contributed by atoms with Crippen LogP contribution in [0.3, 0.4) is 0 Å². The first kappa shape index (κ1) is 19.2. The number of hydrazone groups is 1. The Hall–Kier alpha value is -2.73. The Bertz CT molecular complexity index is 1100. The summed E-state index contributed by atoms with van der Waals surface area (Å²) in [6, 6.07) is 18.3. The van der Waals surface area contributed by atoms with Gasteiger partial charge in [-0.1, -0.05) is 15.9 Å². The number of halogens is 1. The largest absolute Gasteiger partial charge is 0.491 e. The first-order chi connectivity index (χ1) is 14.5. The van der Waals surface area contributed by atoms with E-state index in [0.717, 1.165) is 50.8 Å². The van der Waals surface area contributed by atoms with Crippen LogP contribution in [0.4, 0.5) is 0 Å². The number of fused-ring (bicyclic) bond motifs is 3. The predicted octanol–water partition coefficient (Wildman–Crippen LogP) is 6.38. The number of benzene rings is 2. The van der Waals surface area contributed by atoms with Crippen LogP contribution in [-0.4, -0.2) is 16.8 Å². The first-order valence-corrected chi connectivity index (χ1v) is 10.9. The van der Waals surface area contributed by atoms with Gasteiger partial charge in [0.15, 0.2) is 0 Å². The van der Waals surface area contributed by atoms with Crippen molar-refractivity contribution in [2.45, 2.75) is 45.6 Å². The fourth-order valence-electron chi connectivity index (χ4n) is 4.00. The van der Waals surface area contributed by atoms with Crippen LogP contribution in [-0.2, 0) is 0 Å². The monoisotopic (exact) mass is 466 g/mol. The highest BCUT2D eigenvalue weighted by Crippen LogP contribution is 2.48. The molecule has 0 aliphatic carbocycles. The van der Waals surface area contributed by atoms with Gasteiger partial charge in [-0.2, -0.15) is 5.10 Å². The molecule has 2 aliphatic heterocycles. The number of hydrogen-bond acceptors (Lipinski definition) is 5. The van der Waals surface area contributed by atoms with Crippen molar-refractivity contribution in [3.8, 4) is 11.5 Å². The van der Waals surface area contributed by atoms with E-state index >= 15 is 0 Å². The van der Waals surface area contributed by atoms with Crippen molar-refractivity contribution in [3.05, 3.63) is 81.7 Å². The molecule has 0 bridgehead atoms. The lowest BCUT2D eigenvalue weighted by Crippen LogP contribution is -2.33. The quantitative estimate of drug-likeness (QED) is 0.447. The van der Waals surface area contributed by atoms with Crippen LogP contribution in [0.5, 0.6) is 11.5 Å². The molecule has 1 aromatic heterocycles. The molecule has 154 valence electrons. The topological polar surface area (TPSA) is 47.2 Å². The molecule has 0 fully saturated rings. The first-order valence-electron chi connectivity index (χ1n) is 10.1. The molecule has 0 spiro atoms. The molecule has 0 saturated carbocycles. The highest BCUT2D eigenvalue weighted by molar-refractivity contribution is 9.10. The van der Waals surface area contributed by atoms with Gasteiger partial charge in [0, 0.05) is 22.0 Å². The van der Waals surface area contributed by atoms with Crippen LogP contribution in [0.15, 0.2) is 68.6 Å². The highest BCUT2D eigenvalue weighted by Gasteiger charge is 2.41. The molecular weight excluding hydrogens is 444 g/mol. The summed E-state index contributed by atoms with van der Waals surface area (Å²) in [5, 5.41) is 6.99. The molecular formula is C24H23BrN2O3. The molecule has 5 rings (SSSR count). The van der Waals surface area contributed by atoms with Gasteiger partial charge in [-0.05, 0) is 75.4 Å². The van der Waals surface area contributed by atoms with E-state index in [1.54, 1.807) is 0 Å². The maximum atomic E-state index is 6.42. The van der Waals surface area contributed by atoms with Gasteiger partial charge in [-0.15, -0.1) is 0 Å². The van der Waals surface area contributed by atoms with E-state index in [1.165, 1.54) is 0 Å². The van der Waals surface area contributed by atoms with Crippen molar-refractivity contribution in [2.24, 2.45) is 5.10 Å². The van der Waals surface area contributed by atoms with Crippen molar-refractivity contribution < 1.29 is 13.9 Å². The minimum atomic E-state index is -0.315. The molecule has 5 nitrogen and oxygen atoms in total. The van der Waals surface area contributed by atoms with E-state index in [2.05, 4.69) is 27.0 Å². The number of aryl methyl sites for hydroxylation is 1. The minimum absolute atomic E-state index is 0.0863. The fourth-order valence-corrected chi connectivity index (χ4v) is 4.38. The van der Waals surface area contributed by atoms with Crippen LogP contribution in [0.25, 0.3) is 0 Å². The van der Waals surface area contributed by atoms with Crippen LogP contribution in [0, 0.1) is 6.92 Å². The zero-order valence-electron chi connectivity index (χ0n) is 17.1. The zero-order chi connectivity index (χ0) is 20.8. The van der Waals surface area contributed by atoms with Crippen LogP contribution in [0.2, 0.25) is 0 Å². The summed E-state index contributed by atoms with van der Waals surface area (Å²) in [4.78, 5) is 0. The number of hydrogen-bond donors (Lipinski definition) is 0. The van der Waals surface area contributed by atoms with Crippen LogP contribution >= 0.6 is 15.9 Å². The Labute approximate surface area is 184 Å². The molecule has 2 aromatic carbocycles. The summed E-state index contributed by atoms with van der Waals surface area (Å²) in [6.07, 6.45) is 0.592. The van der Waals surface area contributed by atoms with Gasteiger partial charge < -0.3 is 13.9 Å². The molecule has 3 heterocycles. The van der Waals surface area contributed by atoms with Gasteiger partial charge in [0.05, 0.1) is 12.1 Å². The summed E-state index contributed by atoms with van der Waals surface area (Å²) in [5.41, 5.74) is 3.10. The number of nitrogens with zero attached hydrogens (tertiary/aromatic N) is 2. The number of rotatable bonds is 4. The molecule has 0 N–H and O–H groups in total. The third-order valence-electron chi connectivity index (χ3n) is 5.31. The van der Waals surface area contributed by atoms with Crippen LogP contribution in [0.1, 0.15) is 55.2 Å². The lowest BCUT2D eigenvalue weighted by molar-refractivity contribution is -0.0191. The standard InChI is InChI=1S/C24H23BrN2O3/c1-14(2)28-18-8-5-16(6-9-18)24-27-21(19-12-17(25)7-11-22(19)30-24)13-20(26-27)23-10-4-15(3)29-23/h4-12,14,21,24H,13H2,1-3H3/t21-,24+/m0/s1. The van der Waals surface area contributed by atoms with E-state index in [4.69, 9.17) is 19.0 Å². The average molecular weight is 467 g/mol. The summed E-state index contributed by atoms with van der Waals surface area (Å²) >= 11 is 3.59. The Morgan fingerprint density at radius 2 is 1.90 bits per heavy atom. The molecule has 6 heteroatoms. The Morgan fingerprint density at radius 1 is 1.10 bits per heavy atom. The maximum Gasteiger partial charge on any atom is 0.213 e. The lowest BCUT2D eigenvalue weighted by atomic mass is 9.97. The molecule has 2 aliphatic rings. The second-order valence-electron chi connectivity index (χ2n) is 7.94. The normalized spacial score (nSPS) is 19.9. The second kappa shape index (κ2) is 7.51. The second-order valence-corrected chi connectivity index (χ2v) is 8.86. The molecule has 30 heavy (non-hydrogen) atoms. The zero-order valence-corrected chi connectivity index (χ0v) is 18.7. The molecule has 0 amide bonds. The Kier molecular flexibility index (Phi) is 4.82. The van der Waals surface area contributed by atoms with Gasteiger partial charge in [0.25, 0.3) is 0 Å². The van der Waals surface area contributed by atoms with Crippen molar-refractivity contribution in [1.29, 1.82) is 0 Å². The summed E-state index contributed by atoms with van der Waals surface area (Å²) in [5.74, 6) is 3.44. The lowest BCUT2D eigenvalue weighted by Gasteiger charge is -2.38. The van der Waals surface area contributed by atoms with E-state index in [9.17, 15) is 0 Å². The molecule has 3 aromatic rings. The van der Waals surface area contributed by atoms with E-state index in [-0.39, 0.29) is 18.4 Å². The third-order valence-corrected chi connectivity index (χ3v) is 5.81. The maximum absolute atomic E-state index is 6.42. The molecule has 0 radical (unpaired) electrons.